The summed E-state index contributed by atoms with van der Waals surface area (Å²) in [4.78, 5) is 13.3. The van der Waals surface area contributed by atoms with Crippen molar-refractivity contribution in [3.63, 3.8) is 0 Å². The Hall–Kier alpha value is -1.88. The number of nitrogen functional groups attached to an aromatic ring is 1. The third-order valence-corrected chi connectivity index (χ3v) is 6.49. The SMILES string of the molecule is CC(=O)Nc1ccc(N(O)S(=O)(=O)CCC[N+]2(C)CCN(C)CC2)c(N)c1. The molecule has 0 saturated carbocycles. The molecule has 1 aromatic carbocycles. The van der Waals surface area contributed by atoms with Crippen molar-refractivity contribution in [1.29, 1.82) is 0 Å². The van der Waals surface area contributed by atoms with E-state index in [-0.39, 0.29) is 27.5 Å². The van der Waals surface area contributed by atoms with Crippen LogP contribution >= 0.6 is 0 Å². The van der Waals surface area contributed by atoms with E-state index >= 15 is 0 Å². The van der Waals surface area contributed by atoms with Crippen LogP contribution in [0.4, 0.5) is 17.1 Å². The van der Waals surface area contributed by atoms with Crippen LogP contribution in [-0.2, 0) is 14.8 Å². The van der Waals surface area contributed by atoms with Gasteiger partial charge in [0, 0.05) is 32.1 Å². The molecule has 4 N–H and O–H groups in total. The molecule has 0 aliphatic carbocycles. The smallest absolute Gasteiger partial charge is 0.257 e. The molecule has 0 bridgehead atoms. The molecule has 2 rings (SSSR count). The number of nitrogens with two attached hydrogens (primary N) is 1. The number of likely N-dealkylation sites (N-methyl/N-ethyl adjacent to an activating group) is 2. The average Bonchev–Trinajstić information content (AvgIpc) is 2.57. The minimum Gasteiger partial charge on any atom is -0.397 e. The standard InChI is InChI=1S/C17H29N5O4S/c1-14(23)19-15-5-6-17(16(18)13-15)21(24)27(25,26)12-4-9-22(3)10-7-20(2)8-11-22/h5-6,13,24H,4,7-12,18H2,1-3H3/p+1. The fourth-order valence-electron chi connectivity index (χ4n) is 3.15. The lowest BCUT2D eigenvalue weighted by Crippen LogP contribution is -2.56. The summed E-state index contributed by atoms with van der Waals surface area (Å²) in [6.07, 6.45) is 0.448. The van der Waals surface area contributed by atoms with E-state index in [1.165, 1.54) is 25.1 Å². The highest BCUT2D eigenvalue weighted by Gasteiger charge is 2.29. The Morgan fingerprint density at radius 2 is 2.00 bits per heavy atom. The number of piperazine rings is 1. The first-order valence-electron chi connectivity index (χ1n) is 8.93. The van der Waals surface area contributed by atoms with Gasteiger partial charge >= 0.3 is 0 Å². The highest BCUT2D eigenvalue weighted by molar-refractivity contribution is 7.92. The summed E-state index contributed by atoms with van der Waals surface area (Å²) in [6.45, 7) is 6.04. The van der Waals surface area contributed by atoms with E-state index in [0.29, 0.717) is 12.1 Å². The first-order valence-corrected chi connectivity index (χ1v) is 10.5. The molecular weight excluding hydrogens is 370 g/mol. The Bertz CT molecular complexity index is 776. The fourth-order valence-corrected chi connectivity index (χ4v) is 4.28. The molecule has 0 radical (unpaired) electrons. The van der Waals surface area contributed by atoms with Crippen LogP contribution in [0.3, 0.4) is 0 Å². The zero-order valence-corrected chi connectivity index (χ0v) is 17.0. The average molecular weight is 401 g/mol. The molecule has 152 valence electrons. The van der Waals surface area contributed by atoms with Gasteiger partial charge in [0.15, 0.2) is 0 Å². The van der Waals surface area contributed by atoms with Crippen molar-refractivity contribution >= 4 is 33.0 Å². The van der Waals surface area contributed by atoms with Crippen LogP contribution in [0.5, 0.6) is 0 Å². The predicted molar refractivity (Wildman–Crippen MR) is 106 cm³/mol. The third-order valence-electron chi connectivity index (χ3n) is 4.96. The van der Waals surface area contributed by atoms with E-state index in [0.717, 1.165) is 37.2 Å². The molecule has 1 amide bonds. The summed E-state index contributed by atoms with van der Waals surface area (Å²) in [5.74, 6) is -0.434. The number of benzene rings is 1. The molecule has 10 heteroatoms. The van der Waals surface area contributed by atoms with Crippen LogP contribution < -0.4 is 15.5 Å². The van der Waals surface area contributed by atoms with Gasteiger partial charge in [0.1, 0.15) is 5.69 Å². The summed E-state index contributed by atoms with van der Waals surface area (Å²) in [7, 11) is 0.308. The number of nitrogens with one attached hydrogen (secondary N) is 1. The van der Waals surface area contributed by atoms with Gasteiger partial charge in [-0.25, -0.2) is 8.42 Å². The summed E-state index contributed by atoms with van der Waals surface area (Å²) in [6, 6.07) is 4.26. The topological polar surface area (TPSA) is 116 Å². The van der Waals surface area contributed by atoms with Crippen LogP contribution in [0.15, 0.2) is 18.2 Å². The zero-order valence-electron chi connectivity index (χ0n) is 16.2. The monoisotopic (exact) mass is 400 g/mol. The number of anilines is 3. The van der Waals surface area contributed by atoms with Gasteiger partial charge in [-0.05, 0) is 25.2 Å². The molecule has 27 heavy (non-hydrogen) atoms. The first-order chi connectivity index (χ1) is 12.5. The van der Waals surface area contributed by atoms with Gasteiger partial charge in [-0.3, -0.25) is 14.9 Å². The van der Waals surface area contributed by atoms with Crippen molar-refractivity contribution in [2.45, 2.75) is 13.3 Å². The Labute approximate surface area is 160 Å². The number of carbonyl (C=O) groups is 1. The van der Waals surface area contributed by atoms with E-state index in [2.05, 4.69) is 24.3 Å². The van der Waals surface area contributed by atoms with Crippen molar-refractivity contribution in [3.8, 4) is 0 Å². The molecule has 1 fully saturated rings. The predicted octanol–water partition coefficient (Wildman–Crippen LogP) is 0.535. The molecule has 0 aromatic heterocycles. The molecule has 0 unspecified atom stereocenters. The Morgan fingerprint density at radius 1 is 1.37 bits per heavy atom. The maximum Gasteiger partial charge on any atom is 0.257 e. The van der Waals surface area contributed by atoms with Gasteiger partial charge in [0.05, 0.1) is 38.1 Å². The van der Waals surface area contributed by atoms with E-state index < -0.39 is 10.0 Å². The molecule has 1 aromatic rings. The highest BCUT2D eigenvalue weighted by atomic mass is 32.2. The van der Waals surface area contributed by atoms with Crippen LogP contribution in [0.2, 0.25) is 0 Å². The van der Waals surface area contributed by atoms with Crippen molar-refractivity contribution < 1.29 is 22.9 Å². The Kier molecular flexibility index (Phi) is 6.68. The lowest BCUT2D eigenvalue weighted by molar-refractivity contribution is -0.913. The molecule has 1 aliphatic heterocycles. The zero-order chi connectivity index (χ0) is 20.2. The largest absolute Gasteiger partial charge is 0.397 e. The second-order valence-corrected chi connectivity index (χ2v) is 9.38. The Morgan fingerprint density at radius 3 is 2.56 bits per heavy atom. The van der Waals surface area contributed by atoms with E-state index in [1.54, 1.807) is 0 Å². The van der Waals surface area contributed by atoms with Crippen molar-refractivity contribution in [2.24, 2.45) is 0 Å². The van der Waals surface area contributed by atoms with Gasteiger partial charge in [0.25, 0.3) is 10.0 Å². The molecule has 1 heterocycles. The number of hydrogen-bond acceptors (Lipinski definition) is 6. The lowest BCUT2D eigenvalue weighted by atomic mass is 10.2. The number of quaternary nitrogens is 1. The summed E-state index contributed by atoms with van der Waals surface area (Å²) in [5, 5.41) is 12.8. The van der Waals surface area contributed by atoms with Gasteiger partial charge in [0.2, 0.25) is 5.91 Å². The number of nitrogens with zero attached hydrogens (tertiary/aromatic N) is 3. The Balaban J connectivity index is 1.98. The van der Waals surface area contributed by atoms with Crippen LogP contribution in [0.25, 0.3) is 0 Å². The van der Waals surface area contributed by atoms with Crippen molar-refractivity contribution in [1.82, 2.24) is 4.90 Å². The van der Waals surface area contributed by atoms with E-state index in [1.807, 2.05) is 0 Å². The van der Waals surface area contributed by atoms with Gasteiger partial charge in [-0.2, -0.15) is 0 Å². The van der Waals surface area contributed by atoms with E-state index in [4.69, 9.17) is 5.73 Å². The maximum absolute atomic E-state index is 12.5. The summed E-state index contributed by atoms with van der Waals surface area (Å²) < 4.78 is 26.0. The van der Waals surface area contributed by atoms with Crippen LogP contribution in [0, 0.1) is 0 Å². The fraction of sp³-hybridized carbons (Fsp3) is 0.588. The quantitative estimate of drug-likeness (QED) is 0.349. The summed E-state index contributed by atoms with van der Waals surface area (Å²) in [5.41, 5.74) is 6.32. The molecular formula is C17H30N5O4S+. The lowest BCUT2D eigenvalue weighted by Gasteiger charge is -2.41. The van der Waals surface area contributed by atoms with Crippen LogP contribution in [-0.4, -0.2) is 81.5 Å². The van der Waals surface area contributed by atoms with E-state index in [9.17, 15) is 18.4 Å². The normalized spacial score (nSPS) is 17.5. The van der Waals surface area contributed by atoms with Crippen LogP contribution in [0.1, 0.15) is 13.3 Å². The minimum atomic E-state index is -3.91. The first kappa shape index (κ1) is 21.4. The number of sulfonamides is 1. The maximum atomic E-state index is 12.5. The second kappa shape index (κ2) is 8.42. The molecule has 0 atom stereocenters. The summed E-state index contributed by atoms with van der Waals surface area (Å²) >= 11 is 0. The number of carbonyl (C=O) groups excluding carboxylic acids is 1. The molecule has 1 aliphatic rings. The van der Waals surface area contributed by atoms with Gasteiger partial charge in [-0.1, -0.05) is 0 Å². The molecule has 0 spiro atoms. The van der Waals surface area contributed by atoms with Gasteiger partial charge < -0.3 is 15.5 Å². The highest BCUT2D eigenvalue weighted by Crippen LogP contribution is 2.28. The molecule has 9 nitrogen and oxygen atoms in total. The minimum absolute atomic E-state index is 0.0240. The molecule has 1 saturated heterocycles. The number of amides is 1. The second-order valence-electron chi connectivity index (χ2n) is 7.46. The van der Waals surface area contributed by atoms with Crippen molar-refractivity contribution in [2.75, 3.05) is 68.1 Å². The number of hydrogen-bond donors (Lipinski definition) is 3. The third kappa shape index (κ3) is 5.80. The number of rotatable bonds is 7. The van der Waals surface area contributed by atoms with Gasteiger partial charge in [-0.15, -0.1) is 4.47 Å². The van der Waals surface area contributed by atoms with Crippen molar-refractivity contribution in [3.05, 3.63) is 18.2 Å².